The molecule has 0 unspecified atom stereocenters. The Morgan fingerprint density at radius 2 is 1.80 bits per heavy atom. The van der Waals surface area contributed by atoms with Gasteiger partial charge in [0.15, 0.2) is 17.2 Å². The molecule has 4 heterocycles. The zero-order valence-electron chi connectivity index (χ0n) is 21.7. The minimum atomic E-state index is -0.851. The number of anilines is 4. The van der Waals surface area contributed by atoms with Crippen LogP contribution in [0.3, 0.4) is 0 Å². The average molecular weight is 562 g/mol. The second kappa shape index (κ2) is 10.7. The number of halogens is 1. The zero-order chi connectivity index (χ0) is 27.8. The van der Waals surface area contributed by atoms with E-state index in [1.54, 1.807) is 12.1 Å². The van der Waals surface area contributed by atoms with E-state index in [0.29, 0.717) is 52.9 Å². The maximum absolute atomic E-state index is 11.2. The van der Waals surface area contributed by atoms with Gasteiger partial charge in [-0.25, -0.2) is 9.78 Å². The van der Waals surface area contributed by atoms with Crippen molar-refractivity contribution in [2.75, 3.05) is 54.8 Å². The molecule has 13 nitrogen and oxygen atoms in total. The van der Waals surface area contributed by atoms with E-state index in [4.69, 9.17) is 11.6 Å². The second-order valence-corrected chi connectivity index (χ2v) is 10.7. The molecule has 0 bridgehead atoms. The molecule has 2 aromatic heterocycles. The van der Waals surface area contributed by atoms with Gasteiger partial charge in [0.25, 0.3) is 0 Å². The van der Waals surface area contributed by atoms with Gasteiger partial charge in [-0.3, -0.25) is 4.90 Å². The highest BCUT2D eigenvalue weighted by Gasteiger charge is 2.30. The fraction of sp³-hybridized carbons (Fsp3) is 0.462. The van der Waals surface area contributed by atoms with Crippen molar-refractivity contribution < 1.29 is 9.90 Å². The summed E-state index contributed by atoms with van der Waals surface area (Å²) in [5, 5.41) is 40.0. The van der Waals surface area contributed by atoms with Gasteiger partial charge in [0.2, 0.25) is 5.95 Å². The van der Waals surface area contributed by atoms with Crippen LogP contribution in [-0.4, -0.2) is 91.9 Å². The van der Waals surface area contributed by atoms with Crippen LogP contribution in [0.4, 0.5) is 27.9 Å². The number of carboxylic acid groups (broad SMARTS) is 1. The molecule has 2 aliphatic heterocycles. The molecular weight excluding hydrogens is 534 g/mol. The highest BCUT2D eigenvalue weighted by atomic mass is 35.5. The summed E-state index contributed by atoms with van der Waals surface area (Å²) < 4.78 is 1.45. The molecule has 3 N–H and O–H groups in total. The van der Waals surface area contributed by atoms with E-state index >= 15 is 0 Å². The van der Waals surface area contributed by atoms with Crippen molar-refractivity contribution in [1.82, 2.24) is 29.4 Å². The summed E-state index contributed by atoms with van der Waals surface area (Å²) in [4.78, 5) is 26.2. The molecule has 3 fully saturated rings. The molecule has 0 atom stereocenters. The van der Waals surface area contributed by atoms with E-state index in [0.717, 1.165) is 57.5 Å². The maximum atomic E-state index is 11.2. The number of aromatic nitrogens is 4. The normalized spacial score (nSPS) is 18.4. The van der Waals surface area contributed by atoms with E-state index in [-0.39, 0.29) is 11.6 Å². The Bertz CT molecular complexity index is 1520. The first kappa shape index (κ1) is 25.9. The number of imidazole rings is 1. The molecule has 1 amide bonds. The van der Waals surface area contributed by atoms with Crippen LogP contribution < -0.4 is 15.5 Å². The summed E-state index contributed by atoms with van der Waals surface area (Å²) in [6, 6.07) is 8.46. The predicted molar refractivity (Wildman–Crippen MR) is 148 cm³/mol. The highest BCUT2D eigenvalue weighted by Crippen LogP contribution is 2.37. The van der Waals surface area contributed by atoms with Crippen LogP contribution in [0.1, 0.15) is 36.9 Å². The number of hydrogen-bond donors (Lipinski definition) is 3. The van der Waals surface area contributed by atoms with E-state index in [1.807, 2.05) is 0 Å². The van der Waals surface area contributed by atoms with Crippen LogP contribution in [0.5, 0.6) is 0 Å². The Morgan fingerprint density at radius 1 is 1.05 bits per heavy atom. The van der Waals surface area contributed by atoms with Crippen LogP contribution in [0.2, 0.25) is 5.02 Å². The first-order valence-corrected chi connectivity index (χ1v) is 13.7. The number of rotatable bonds is 6. The van der Waals surface area contributed by atoms with Gasteiger partial charge in [0.1, 0.15) is 6.07 Å². The van der Waals surface area contributed by atoms with Crippen molar-refractivity contribution in [2.45, 2.75) is 37.8 Å². The fourth-order valence-electron chi connectivity index (χ4n) is 5.39. The third-order valence-corrected chi connectivity index (χ3v) is 8.13. The lowest BCUT2D eigenvalue weighted by Gasteiger charge is -2.43. The molecule has 206 valence electrons. The predicted octanol–water partition coefficient (Wildman–Crippen LogP) is 3.10. The van der Waals surface area contributed by atoms with Crippen LogP contribution in [0, 0.1) is 22.7 Å². The van der Waals surface area contributed by atoms with Crippen molar-refractivity contribution >= 4 is 46.5 Å². The number of carbonyl (C=O) groups is 1. The summed E-state index contributed by atoms with van der Waals surface area (Å²) >= 11 is 6.91. The lowest BCUT2D eigenvalue weighted by atomic mass is 10.0. The number of piperazine rings is 1. The van der Waals surface area contributed by atoms with Gasteiger partial charge in [0, 0.05) is 51.4 Å². The van der Waals surface area contributed by atoms with E-state index in [2.05, 4.69) is 47.6 Å². The second-order valence-electron chi connectivity index (χ2n) is 10.3. The summed E-state index contributed by atoms with van der Waals surface area (Å²) in [6.07, 6.45) is 4.35. The van der Waals surface area contributed by atoms with Crippen LogP contribution in [0.15, 0.2) is 18.3 Å². The van der Waals surface area contributed by atoms with Crippen molar-refractivity contribution in [3.05, 3.63) is 34.6 Å². The van der Waals surface area contributed by atoms with E-state index < -0.39 is 6.09 Å². The minimum Gasteiger partial charge on any atom is -0.465 e. The van der Waals surface area contributed by atoms with Crippen LogP contribution in [0.25, 0.3) is 5.65 Å². The van der Waals surface area contributed by atoms with Crippen LogP contribution in [-0.2, 0) is 0 Å². The van der Waals surface area contributed by atoms with Crippen molar-refractivity contribution in [2.24, 2.45) is 0 Å². The van der Waals surface area contributed by atoms with E-state index in [1.165, 1.54) is 15.6 Å². The minimum absolute atomic E-state index is 0.227. The third-order valence-electron chi connectivity index (χ3n) is 7.73. The molecule has 0 radical (unpaired) electrons. The number of piperidine rings is 1. The Balaban J connectivity index is 1.22. The van der Waals surface area contributed by atoms with Crippen molar-refractivity contribution in [1.29, 1.82) is 10.5 Å². The van der Waals surface area contributed by atoms with Gasteiger partial charge >= 0.3 is 6.09 Å². The van der Waals surface area contributed by atoms with E-state index in [9.17, 15) is 20.4 Å². The quantitative estimate of drug-likeness (QED) is 0.405. The van der Waals surface area contributed by atoms with Gasteiger partial charge in [-0.1, -0.05) is 11.6 Å². The lowest BCUT2D eigenvalue weighted by molar-refractivity contribution is 0.0919. The smallest absolute Gasteiger partial charge is 0.407 e. The Morgan fingerprint density at radius 3 is 2.45 bits per heavy atom. The molecule has 14 heteroatoms. The molecule has 6 rings (SSSR count). The number of fused-ring (bicyclic) bond motifs is 1. The van der Waals surface area contributed by atoms with Crippen molar-refractivity contribution in [3.8, 4) is 12.1 Å². The Kier molecular flexibility index (Phi) is 6.92. The lowest BCUT2D eigenvalue weighted by Crippen LogP contribution is -2.53. The number of nitrogens with zero attached hydrogens (tertiary/aromatic N) is 9. The SMILES string of the molecule is N#Cc1cc(Nc2nc(NC3CC3)c3ncc(C#N)n3n2)c(Cl)c(N2CCN(C3CCN(C(=O)O)CC3)CC2)c1. The number of likely N-dealkylation sites (tertiary alicyclic amines) is 1. The van der Waals surface area contributed by atoms with Gasteiger partial charge in [-0.2, -0.15) is 20.0 Å². The first-order chi connectivity index (χ1) is 19.4. The largest absolute Gasteiger partial charge is 0.465 e. The molecule has 0 spiro atoms. The van der Waals surface area contributed by atoms with Gasteiger partial charge in [-0.15, -0.1) is 5.10 Å². The monoisotopic (exact) mass is 561 g/mol. The summed E-state index contributed by atoms with van der Waals surface area (Å²) in [6.45, 7) is 4.22. The summed E-state index contributed by atoms with van der Waals surface area (Å²) in [7, 11) is 0. The number of amides is 1. The number of benzene rings is 1. The molecule has 1 aliphatic carbocycles. The highest BCUT2D eigenvalue weighted by molar-refractivity contribution is 6.36. The van der Waals surface area contributed by atoms with Crippen LogP contribution >= 0.6 is 11.6 Å². The fourth-order valence-corrected chi connectivity index (χ4v) is 5.67. The molecule has 1 saturated carbocycles. The Hall–Kier alpha value is -4.33. The van der Waals surface area contributed by atoms with Gasteiger partial charge in [-0.05, 0) is 37.8 Å². The number of nitriles is 2. The average Bonchev–Trinajstić information content (AvgIpc) is 3.70. The summed E-state index contributed by atoms with van der Waals surface area (Å²) in [5.41, 5.74) is 2.44. The standard InChI is InChI=1S/C26H28ClN11O2/c27-22-20(32-25-33-23(31-17-1-2-17)24-30-15-19(14-29)38(24)34-25)11-16(13-28)12-21(22)36-9-7-35(8-10-36)18-3-5-37(6-4-18)26(39)40/h11-12,15,17-18H,1-10H2,(H,39,40)(H2,31,32,33,34). The Labute approximate surface area is 235 Å². The molecule has 40 heavy (non-hydrogen) atoms. The molecule has 1 aromatic carbocycles. The van der Waals surface area contributed by atoms with Gasteiger partial charge in [0.05, 0.1) is 34.2 Å². The number of nitrogens with one attached hydrogen (secondary N) is 2. The van der Waals surface area contributed by atoms with Crippen molar-refractivity contribution in [3.63, 3.8) is 0 Å². The molecule has 2 saturated heterocycles. The zero-order valence-corrected chi connectivity index (χ0v) is 22.5. The molecule has 3 aliphatic rings. The third kappa shape index (κ3) is 5.13. The summed E-state index contributed by atoms with van der Waals surface area (Å²) in [5.74, 6) is 0.755. The first-order valence-electron chi connectivity index (χ1n) is 13.3. The topological polar surface area (TPSA) is 162 Å². The molecule has 3 aromatic rings. The maximum Gasteiger partial charge on any atom is 0.407 e. The number of hydrogen-bond acceptors (Lipinski definition) is 10. The molecular formula is C26H28ClN11O2. The van der Waals surface area contributed by atoms with Gasteiger partial charge < -0.3 is 25.5 Å².